The van der Waals surface area contributed by atoms with Crippen LogP contribution in [0, 0.1) is 5.92 Å². The summed E-state index contributed by atoms with van der Waals surface area (Å²) < 4.78 is 0. The van der Waals surface area contributed by atoms with E-state index >= 15 is 0 Å². The molecule has 0 atom stereocenters. The van der Waals surface area contributed by atoms with Gasteiger partial charge in [-0.1, -0.05) is 0 Å². The smallest absolute Gasteiger partial charge is 0.220 e. The topological polar surface area (TPSA) is 86.0 Å². The maximum Gasteiger partial charge on any atom is 0.220 e. The standard InChI is InChI=1S/C20H40N6O/c1-16(2)26-14-8-18(9-15-26)24-20(22-3)23-10-4-5-11-25-12-6-17(7-13-25)19(21)27/h16-18H,4-15H2,1-3H3,(H2,21,27)(H2,22,23,24). The maximum atomic E-state index is 11.2. The molecule has 7 nitrogen and oxygen atoms in total. The molecule has 0 aromatic carbocycles. The highest BCUT2D eigenvalue weighted by Crippen LogP contribution is 2.17. The minimum absolute atomic E-state index is 0.0877. The molecule has 156 valence electrons. The molecule has 2 saturated heterocycles. The van der Waals surface area contributed by atoms with E-state index in [9.17, 15) is 4.79 Å². The number of amides is 1. The average Bonchev–Trinajstić information content (AvgIpc) is 2.67. The summed E-state index contributed by atoms with van der Waals surface area (Å²) >= 11 is 0. The van der Waals surface area contributed by atoms with E-state index in [0.29, 0.717) is 12.1 Å². The van der Waals surface area contributed by atoms with Crippen LogP contribution in [0.4, 0.5) is 0 Å². The number of aliphatic imine (C=N–C) groups is 1. The molecule has 0 unspecified atom stereocenters. The molecule has 2 rings (SSSR count). The van der Waals surface area contributed by atoms with E-state index in [-0.39, 0.29) is 11.8 Å². The van der Waals surface area contributed by atoms with Crippen LogP contribution in [0.1, 0.15) is 52.4 Å². The number of carbonyl (C=O) groups is 1. The molecule has 0 spiro atoms. The number of nitrogens with zero attached hydrogens (tertiary/aromatic N) is 3. The minimum atomic E-state index is -0.132. The molecular weight excluding hydrogens is 340 g/mol. The highest BCUT2D eigenvalue weighted by Gasteiger charge is 2.23. The first-order valence-electron chi connectivity index (χ1n) is 10.7. The van der Waals surface area contributed by atoms with Gasteiger partial charge in [-0.05, 0) is 72.0 Å². The SMILES string of the molecule is CN=C(NCCCCN1CCC(C(N)=O)CC1)NC1CCN(C(C)C)CC1. The monoisotopic (exact) mass is 380 g/mol. The third-order valence-corrected chi connectivity index (χ3v) is 6.01. The molecule has 0 aromatic rings. The number of hydrogen-bond donors (Lipinski definition) is 3. The minimum Gasteiger partial charge on any atom is -0.369 e. The first-order valence-corrected chi connectivity index (χ1v) is 10.7. The predicted octanol–water partition coefficient (Wildman–Crippen LogP) is 1.00. The van der Waals surface area contributed by atoms with Crippen LogP contribution < -0.4 is 16.4 Å². The predicted molar refractivity (Wildman–Crippen MR) is 112 cm³/mol. The Hall–Kier alpha value is -1.34. The van der Waals surface area contributed by atoms with Crippen molar-refractivity contribution in [3.63, 3.8) is 0 Å². The molecule has 0 aliphatic carbocycles. The van der Waals surface area contributed by atoms with Crippen LogP contribution in [0.15, 0.2) is 4.99 Å². The Kier molecular flexibility index (Phi) is 9.34. The Bertz CT molecular complexity index is 465. The molecule has 2 fully saturated rings. The van der Waals surface area contributed by atoms with Gasteiger partial charge < -0.3 is 26.2 Å². The molecule has 0 bridgehead atoms. The molecular formula is C20H40N6O. The summed E-state index contributed by atoms with van der Waals surface area (Å²) in [7, 11) is 1.85. The first kappa shape index (κ1) is 22.0. The lowest BCUT2D eigenvalue weighted by atomic mass is 9.96. The van der Waals surface area contributed by atoms with Crippen molar-refractivity contribution in [2.24, 2.45) is 16.6 Å². The van der Waals surface area contributed by atoms with E-state index in [1.54, 1.807) is 0 Å². The molecule has 0 radical (unpaired) electrons. The fourth-order valence-electron chi connectivity index (χ4n) is 4.06. The Balaban J connectivity index is 1.53. The average molecular weight is 381 g/mol. The van der Waals surface area contributed by atoms with Gasteiger partial charge in [0.1, 0.15) is 0 Å². The van der Waals surface area contributed by atoms with Crippen LogP contribution in [0.2, 0.25) is 0 Å². The van der Waals surface area contributed by atoms with Crippen LogP contribution in [-0.2, 0) is 4.79 Å². The third kappa shape index (κ3) is 7.66. The second-order valence-electron chi connectivity index (χ2n) is 8.27. The number of unbranched alkanes of at least 4 members (excludes halogenated alkanes) is 1. The highest BCUT2D eigenvalue weighted by molar-refractivity contribution is 5.79. The highest BCUT2D eigenvalue weighted by atomic mass is 16.1. The third-order valence-electron chi connectivity index (χ3n) is 6.01. The van der Waals surface area contributed by atoms with Crippen molar-refractivity contribution in [2.45, 2.75) is 64.5 Å². The fourth-order valence-corrected chi connectivity index (χ4v) is 4.06. The van der Waals surface area contributed by atoms with E-state index in [2.05, 4.69) is 39.3 Å². The number of piperidine rings is 2. The van der Waals surface area contributed by atoms with Gasteiger partial charge in [-0.2, -0.15) is 0 Å². The lowest BCUT2D eigenvalue weighted by Crippen LogP contribution is -2.50. The van der Waals surface area contributed by atoms with Gasteiger partial charge in [-0.3, -0.25) is 9.79 Å². The van der Waals surface area contributed by atoms with Gasteiger partial charge in [0.2, 0.25) is 5.91 Å². The van der Waals surface area contributed by atoms with Crippen molar-refractivity contribution in [3.8, 4) is 0 Å². The maximum absolute atomic E-state index is 11.2. The van der Waals surface area contributed by atoms with Gasteiger partial charge >= 0.3 is 0 Å². The van der Waals surface area contributed by atoms with Crippen molar-refractivity contribution < 1.29 is 4.79 Å². The summed E-state index contributed by atoms with van der Waals surface area (Å²) in [5, 5.41) is 7.03. The van der Waals surface area contributed by atoms with Crippen molar-refractivity contribution in [1.82, 2.24) is 20.4 Å². The van der Waals surface area contributed by atoms with Gasteiger partial charge in [0.15, 0.2) is 5.96 Å². The van der Waals surface area contributed by atoms with Crippen LogP contribution in [-0.4, -0.2) is 80.1 Å². The van der Waals surface area contributed by atoms with Gasteiger partial charge in [-0.15, -0.1) is 0 Å². The second kappa shape index (κ2) is 11.5. The summed E-state index contributed by atoms with van der Waals surface area (Å²) in [6.07, 6.45) is 6.49. The number of guanidine groups is 1. The molecule has 0 aromatic heterocycles. The van der Waals surface area contributed by atoms with Crippen LogP contribution in [0.5, 0.6) is 0 Å². The van der Waals surface area contributed by atoms with Crippen molar-refractivity contribution in [1.29, 1.82) is 0 Å². The summed E-state index contributed by atoms with van der Waals surface area (Å²) in [6, 6.07) is 1.17. The molecule has 2 aliphatic heterocycles. The Morgan fingerprint density at radius 3 is 2.33 bits per heavy atom. The van der Waals surface area contributed by atoms with Crippen LogP contribution >= 0.6 is 0 Å². The van der Waals surface area contributed by atoms with Gasteiger partial charge in [-0.25, -0.2) is 0 Å². The Morgan fingerprint density at radius 2 is 1.78 bits per heavy atom. The zero-order valence-electron chi connectivity index (χ0n) is 17.5. The van der Waals surface area contributed by atoms with E-state index in [0.717, 1.165) is 57.8 Å². The van der Waals surface area contributed by atoms with Crippen LogP contribution in [0.3, 0.4) is 0 Å². The van der Waals surface area contributed by atoms with Crippen molar-refractivity contribution in [2.75, 3.05) is 46.3 Å². The quantitative estimate of drug-likeness (QED) is 0.332. The first-order chi connectivity index (χ1) is 13.0. The molecule has 7 heteroatoms. The number of nitrogens with one attached hydrogen (secondary N) is 2. The van der Waals surface area contributed by atoms with E-state index < -0.39 is 0 Å². The summed E-state index contributed by atoms with van der Waals surface area (Å²) in [5.41, 5.74) is 5.40. The van der Waals surface area contributed by atoms with Gasteiger partial charge in [0.25, 0.3) is 0 Å². The lowest BCUT2D eigenvalue weighted by Gasteiger charge is -2.35. The van der Waals surface area contributed by atoms with Crippen LogP contribution in [0.25, 0.3) is 0 Å². The fraction of sp³-hybridized carbons (Fsp3) is 0.900. The zero-order chi connectivity index (χ0) is 19.6. The number of carbonyl (C=O) groups excluding carboxylic acids is 1. The van der Waals surface area contributed by atoms with Crippen molar-refractivity contribution >= 4 is 11.9 Å². The molecule has 27 heavy (non-hydrogen) atoms. The van der Waals surface area contributed by atoms with E-state index in [1.807, 2.05) is 7.05 Å². The number of rotatable bonds is 8. The lowest BCUT2D eigenvalue weighted by molar-refractivity contribution is -0.123. The second-order valence-corrected chi connectivity index (χ2v) is 8.27. The van der Waals surface area contributed by atoms with Gasteiger partial charge in [0.05, 0.1) is 0 Å². The molecule has 1 amide bonds. The summed E-state index contributed by atoms with van der Waals surface area (Å²) in [4.78, 5) is 20.6. The molecule has 2 heterocycles. The zero-order valence-corrected chi connectivity index (χ0v) is 17.5. The molecule has 4 N–H and O–H groups in total. The number of nitrogens with two attached hydrogens (primary N) is 1. The number of hydrogen-bond acceptors (Lipinski definition) is 4. The normalized spacial score (nSPS) is 21.6. The van der Waals surface area contributed by atoms with Gasteiger partial charge in [0, 0.05) is 44.7 Å². The number of primary amides is 1. The Morgan fingerprint density at radius 1 is 1.11 bits per heavy atom. The molecule has 2 aliphatic rings. The molecule has 0 saturated carbocycles. The van der Waals surface area contributed by atoms with Crippen molar-refractivity contribution in [3.05, 3.63) is 0 Å². The Labute approximate surface area is 165 Å². The summed E-state index contributed by atoms with van der Waals surface area (Å²) in [6.45, 7) is 10.9. The van der Waals surface area contributed by atoms with E-state index in [1.165, 1.54) is 25.9 Å². The largest absolute Gasteiger partial charge is 0.369 e. The summed E-state index contributed by atoms with van der Waals surface area (Å²) in [5.74, 6) is 0.887. The van der Waals surface area contributed by atoms with E-state index in [4.69, 9.17) is 5.73 Å². The number of likely N-dealkylation sites (tertiary alicyclic amines) is 2.